The molecule has 2 aromatic rings. The summed E-state index contributed by atoms with van der Waals surface area (Å²) in [7, 11) is 0. The van der Waals surface area contributed by atoms with Gasteiger partial charge in [0.15, 0.2) is 6.29 Å². The van der Waals surface area contributed by atoms with Crippen molar-refractivity contribution in [3.63, 3.8) is 0 Å². The van der Waals surface area contributed by atoms with Crippen molar-refractivity contribution >= 4 is 56.9 Å². The summed E-state index contributed by atoms with van der Waals surface area (Å²) in [4.78, 5) is 12.5. The third-order valence-electron chi connectivity index (χ3n) is 1.81. The van der Waals surface area contributed by atoms with Crippen LogP contribution in [0.15, 0.2) is 43.9 Å². The lowest BCUT2D eigenvalue weighted by molar-refractivity contribution is 0.112. The quantitative estimate of drug-likeness (QED) is 0.724. The average molecular weight is 334 g/mol. The highest BCUT2D eigenvalue weighted by molar-refractivity contribution is 9.10. The zero-order chi connectivity index (χ0) is 11.5. The van der Waals surface area contributed by atoms with E-state index in [-0.39, 0.29) is 0 Å². The first kappa shape index (κ1) is 12.2. The Bertz CT molecular complexity index is 507. The van der Waals surface area contributed by atoms with Crippen LogP contribution in [0.3, 0.4) is 0 Å². The normalized spacial score (nSPS) is 10.4. The van der Waals surface area contributed by atoms with Crippen LogP contribution in [0, 0.1) is 0 Å². The zero-order valence-electron chi connectivity index (χ0n) is 7.94. The Morgan fingerprint density at radius 2 is 2.00 bits per heavy atom. The van der Waals surface area contributed by atoms with Gasteiger partial charge in [-0.1, -0.05) is 23.4 Å². The van der Waals surface area contributed by atoms with Gasteiger partial charge in [-0.15, -0.1) is 11.3 Å². The maximum atomic E-state index is 10.6. The second kappa shape index (κ2) is 5.36. The molecule has 0 atom stereocenters. The molecule has 1 heterocycles. The molecule has 5 heteroatoms. The van der Waals surface area contributed by atoms with Crippen LogP contribution in [0.5, 0.6) is 0 Å². The van der Waals surface area contributed by atoms with Crippen LogP contribution in [-0.4, -0.2) is 6.29 Å². The highest BCUT2D eigenvalue weighted by Crippen LogP contribution is 2.39. The van der Waals surface area contributed by atoms with Gasteiger partial charge in [0, 0.05) is 14.4 Å². The summed E-state index contributed by atoms with van der Waals surface area (Å²) in [5.41, 5.74) is 0. The molecule has 2 rings (SSSR count). The van der Waals surface area contributed by atoms with Gasteiger partial charge in [-0.3, -0.25) is 4.79 Å². The van der Waals surface area contributed by atoms with E-state index in [4.69, 9.17) is 11.6 Å². The molecule has 0 spiro atoms. The fourth-order valence-corrected chi connectivity index (χ4v) is 4.10. The van der Waals surface area contributed by atoms with Gasteiger partial charge in [-0.25, -0.2) is 0 Å². The lowest BCUT2D eigenvalue weighted by atomic mass is 10.4. The molecule has 16 heavy (non-hydrogen) atoms. The molecule has 0 aliphatic carbocycles. The minimum Gasteiger partial charge on any atom is -0.297 e. The van der Waals surface area contributed by atoms with Gasteiger partial charge >= 0.3 is 0 Å². The van der Waals surface area contributed by atoms with Crippen molar-refractivity contribution in [2.45, 2.75) is 9.10 Å². The van der Waals surface area contributed by atoms with Crippen LogP contribution in [0.4, 0.5) is 0 Å². The van der Waals surface area contributed by atoms with E-state index < -0.39 is 0 Å². The standard InChI is InChI=1S/C11H6BrClOS2/c12-10-5-9(6-14)16-11(10)15-8-3-1-7(13)2-4-8/h1-6H. The van der Waals surface area contributed by atoms with Gasteiger partial charge in [0.1, 0.15) is 0 Å². The Kier molecular flexibility index (Phi) is 4.08. The fraction of sp³-hybridized carbons (Fsp3) is 0. The number of rotatable bonds is 3. The molecule has 0 bridgehead atoms. The molecule has 0 aliphatic rings. The molecule has 82 valence electrons. The Balaban J connectivity index is 2.23. The predicted molar refractivity (Wildman–Crippen MR) is 73.0 cm³/mol. The molecule has 0 N–H and O–H groups in total. The van der Waals surface area contributed by atoms with Crippen LogP contribution < -0.4 is 0 Å². The van der Waals surface area contributed by atoms with Gasteiger partial charge < -0.3 is 0 Å². The summed E-state index contributed by atoms with van der Waals surface area (Å²) >= 11 is 12.3. The van der Waals surface area contributed by atoms with E-state index >= 15 is 0 Å². The van der Waals surface area contributed by atoms with Crippen LogP contribution >= 0.6 is 50.6 Å². The van der Waals surface area contributed by atoms with E-state index in [0.29, 0.717) is 0 Å². The zero-order valence-corrected chi connectivity index (χ0v) is 11.9. The lowest BCUT2D eigenvalue weighted by Crippen LogP contribution is -1.69. The largest absolute Gasteiger partial charge is 0.297 e. The molecule has 0 unspecified atom stereocenters. The number of carbonyl (C=O) groups excluding carboxylic acids is 1. The van der Waals surface area contributed by atoms with E-state index in [1.54, 1.807) is 11.8 Å². The minimum atomic E-state index is 0.725. The monoisotopic (exact) mass is 332 g/mol. The second-order valence-corrected chi connectivity index (χ2v) is 6.67. The average Bonchev–Trinajstić information content (AvgIpc) is 2.63. The maximum Gasteiger partial charge on any atom is 0.160 e. The SMILES string of the molecule is O=Cc1cc(Br)c(Sc2ccc(Cl)cc2)s1. The van der Waals surface area contributed by atoms with E-state index in [0.717, 1.165) is 29.8 Å². The van der Waals surface area contributed by atoms with Crippen molar-refractivity contribution in [2.75, 3.05) is 0 Å². The molecular weight excluding hydrogens is 328 g/mol. The molecule has 1 aromatic carbocycles. The third-order valence-corrected chi connectivity index (χ3v) is 5.49. The highest BCUT2D eigenvalue weighted by Gasteiger charge is 2.07. The maximum absolute atomic E-state index is 10.6. The van der Waals surface area contributed by atoms with Crippen LogP contribution in [-0.2, 0) is 0 Å². The number of hydrogen-bond acceptors (Lipinski definition) is 3. The van der Waals surface area contributed by atoms with Crippen LogP contribution in [0.1, 0.15) is 9.67 Å². The Labute approximate surface area is 115 Å². The number of aldehydes is 1. The third kappa shape index (κ3) is 2.88. The first-order valence-corrected chi connectivity index (χ1v) is 7.17. The molecule has 0 radical (unpaired) electrons. The second-order valence-electron chi connectivity index (χ2n) is 2.96. The number of thiophene rings is 1. The van der Waals surface area contributed by atoms with Gasteiger partial charge in [-0.05, 0) is 46.3 Å². The van der Waals surface area contributed by atoms with Crippen molar-refractivity contribution in [3.8, 4) is 0 Å². The van der Waals surface area contributed by atoms with E-state index in [1.807, 2.05) is 30.3 Å². The summed E-state index contributed by atoms with van der Waals surface area (Å²) in [5.74, 6) is 0. The molecular formula is C11H6BrClOS2. The van der Waals surface area contributed by atoms with E-state index in [1.165, 1.54) is 11.3 Å². The van der Waals surface area contributed by atoms with Gasteiger partial charge in [-0.2, -0.15) is 0 Å². The Morgan fingerprint density at radius 1 is 1.31 bits per heavy atom. The Hall–Kier alpha value is -0.290. The number of halogens is 2. The number of benzene rings is 1. The molecule has 0 saturated heterocycles. The first-order chi connectivity index (χ1) is 7.69. The molecule has 0 saturated carbocycles. The predicted octanol–water partition coefficient (Wildman–Crippen LogP) is 5.13. The van der Waals surface area contributed by atoms with Crippen molar-refractivity contribution in [1.82, 2.24) is 0 Å². The van der Waals surface area contributed by atoms with Crippen molar-refractivity contribution < 1.29 is 4.79 Å². The van der Waals surface area contributed by atoms with E-state index in [2.05, 4.69) is 15.9 Å². The summed E-state index contributed by atoms with van der Waals surface area (Å²) in [5, 5.41) is 0.725. The summed E-state index contributed by atoms with van der Waals surface area (Å²) in [6.45, 7) is 0. The van der Waals surface area contributed by atoms with Crippen LogP contribution in [0.25, 0.3) is 0 Å². The van der Waals surface area contributed by atoms with Crippen molar-refractivity contribution in [1.29, 1.82) is 0 Å². The highest BCUT2D eigenvalue weighted by atomic mass is 79.9. The first-order valence-electron chi connectivity index (χ1n) is 4.37. The number of carbonyl (C=O) groups is 1. The molecule has 1 aromatic heterocycles. The molecule has 1 nitrogen and oxygen atoms in total. The van der Waals surface area contributed by atoms with Gasteiger partial charge in [0.05, 0.1) is 9.09 Å². The van der Waals surface area contributed by atoms with Crippen LogP contribution in [0.2, 0.25) is 5.02 Å². The van der Waals surface area contributed by atoms with Gasteiger partial charge in [0.2, 0.25) is 0 Å². The molecule has 0 aliphatic heterocycles. The van der Waals surface area contributed by atoms with E-state index in [9.17, 15) is 4.79 Å². The summed E-state index contributed by atoms with van der Waals surface area (Å²) < 4.78 is 2.03. The molecule has 0 amide bonds. The minimum absolute atomic E-state index is 0.725. The van der Waals surface area contributed by atoms with Crippen molar-refractivity contribution in [3.05, 3.63) is 44.7 Å². The smallest absolute Gasteiger partial charge is 0.160 e. The molecule has 0 fully saturated rings. The van der Waals surface area contributed by atoms with Gasteiger partial charge in [0.25, 0.3) is 0 Å². The summed E-state index contributed by atoms with van der Waals surface area (Å²) in [6.07, 6.45) is 0.862. The number of hydrogen-bond donors (Lipinski definition) is 0. The summed E-state index contributed by atoms with van der Waals surface area (Å²) in [6, 6.07) is 9.45. The topological polar surface area (TPSA) is 17.1 Å². The fourth-order valence-electron chi connectivity index (χ4n) is 1.11. The lowest BCUT2D eigenvalue weighted by Gasteiger charge is -1.99. The van der Waals surface area contributed by atoms with Crippen molar-refractivity contribution in [2.24, 2.45) is 0 Å². The Morgan fingerprint density at radius 3 is 2.56 bits per heavy atom.